The van der Waals surface area contributed by atoms with Crippen molar-refractivity contribution in [1.29, 1.82) is 31.6 Å². The summed E-state index contributed by atoms with van der Waals surface area (Å²) in [6.45, 7) is 0. The van der Waals surface area contributed by atoms with Crippen molar-refractivity contribution in [2.75, 3.05) is 0 Å². The maximum atomic E-state index is 10.5. The SMILES string of the molecule is N#Cc1ccc(-c2nc3c(c4nc(-c5ccc(C#N)c(C#N)c5)n(-c5cccc(-c6cccnc6)c5)c4c4nc(-c5ccc(C#N)c(C#N)c5)n(-c5cccc(-c6cccnc6)c5)c34)n2-c2cccc(-c3cccnc3)c2)cc1C#N. The molecule has 7 aromatic carbocycles. The molecule has 0 radical (unpaired) electrons. The minimum atomic E-state index is 0.149. The van der Waals surface area contributed by atoms with Gasteiger partial charge in [-0.15, -0.1) is 0 Å². The third kappa shape index (κ3) is 8.10. The lowest BCUT2D eigenvalue weighted by Gasteiger charge is -2.14. The second-order valence-electron chi connectivity index (χ2n) is 18.7. The maximum Gasteiger partial charge on any atom is 0.145 e. The Morgan fingerprint density at radius 1 is 0.272 bits per heavy atom. The zero-order valence-corrected chi connectivity index (χ0v) is 42.3. The fourth-order valence-corrected chi connectivity index (χ4v) is 10.4. The Hall–Kier alpha value is -12.7. The summed E-state index contributed by atoms with van der Waals surface area (Å²) in [7, 11) is 0. The summed E-state index contributed by atoms with van der Waals surface area (Å²) in [5.41, 5.74) is 12.5. The Bertz CT molecular complexity index is 4480. The summed E-state index contributed by atoms with van der Waals surface area (Å²) in [5.74, 6) is 1.18. The third-order valence-corrected chi connectivity index (χ3v) is 14.2. The van der Waals surface area contributed by atoms with Gasteiger partial charge in [0.15, 0.2) is 0 Å². The van der Waals surface area contributed by atoms with Crippen LogP contribution in [0.4, 0.5) is 0 Å². The quantitative estimate of drug-likeness (QED) is 0.131. The summed E-state index contributed by atoms with van der Waals surface area (Å²) in [5, 5.41) is 62.0. The van der Waals surface area contributed by atoms with Crippen LogP contribution in [0.3, 0.4) is 0 Å². The Balaban J connectivity index is 1.29. The first-order valence-electron chi connectivity index (χ1n) is 25.2. The van der Waals surface area contributed by atoms with E-state index in [9.17, 15) is 31.6 Å². The fourth-order valence-electron chi connectivity index (χ4n) is 10.4. The van der Waals surface area contributed by atoms with Gasteiger partial charge in [-0.25, -0.2) is 15.0 Å². The number of hydrogen-bond donors (Lipinski definition) is 0. The molecular weight excluding hydrogens is 1000 g/mol. The van der Waals surface area contributed by atoms with Crippen LogP contribution < -0.4 is 0 Å². The van der Waals surface area contributed by atoms with E-state index in [2.05, 4.69) is 51.4 Å². The molecule has 15 heteroatoms. The number of aromatic nitrogens is 9. The van der Waals surface area contributed by atoms with Gasteiger partial charge >= 0.3 is 0 Å². The molecule has 6 heterocycles. The van der Waals surface area contributed by atoms with Gasteiger partial charge in [0.05, 0.1) is 33.4 Å². The highest BCUT2D eigenvalue weighted by molar-refractivity contribution is 6.22. The summed E-state index contributed by atoms with van der Waals surface area (Å²) in [6, 6.07) is 63.5. The van der Waals surface area contributed by atoms with Crippen molar-refractivity contribution < 1.29 is 0 Å². The molecule has 372 valence electrons. The van der Waals surface area contributed by atoms with Crippen molar-refractivity contribution in [1.82, 2.24) is 43.6 Å². The first-order chi connectivity index (χ1) is 39.9. The number of pyridine rings is 3. The van der Waals surface area contributed by atoms with Crippen LogP contribution in [0, 0.1) is 68.0 Å². The molecule has 13 aromatic rings. The second kappa shape index (κ2) is 19.8. The lowest BCUT2D eigenvalue weighted by molar-refractivity contribution is 1.10. The number of fused-ring (bicyclic) bond motifs is 6. The summed E-state index contributed by atoms with van der Waals surface area (Å²) >= 11 is 0. The van der Waals surface area contributed by atoms with Crippen molar-refractivity contribution in [3.8, 4) is 121 Å². The van der Waals surface area contributed by atoms with Gasteiger partial charge in [-0.3, -0.25) is 28.7 Å². The molecule has 0 unspecified atom stereocenters. The molecule has 0 fully saturated rings. The molecule has 0 atom stereocenters. The van der Waals surface area contributed by atoms with Crippen molar-refractivity contribution >= 4 is 33.1 Å². The highest BCUT2D eigenvalue weighted by atomic mass is 15.2. The molecular formula is C66H33N15. The van der Waals surface area contributed by atoms with Crippen LogP contribution >= 0.6 is 0 Å². The van der Waals surface area contributed by atoms with Crippen LogP contribution in [0.1, 0.15) is 33.4 Å². The van der Waals surface area contributed by atoms with Crippen molar-refractivity contribution in [3.05, 3.63) is 234 Å². The standard InChI is InChI=1S/C66H33N15/c67-31-46-19-16-43(25-52(46)34-70)64-76-58-61(79(64)55-13-1-7-40(28-55)49-10-4-22-73-37-49)59-63(81(57-15-3-9-42(30-57)51-12-6-24-75-39-51)65(77-59)44-17-20-47(32-68)53(26-44)35-71)60-62(58)80(56-14-2-8-41(29-56)50-11-5-23-74-38-50)66(78-60)45-18-21-48(33-69)54(27-45)36-72/h1-30,37-39H. The van der Waals surface area contributed by atoms with E-state index < -0.39 is 0 Å². The molecule has 0 amide bonds. The van der Waals surface area contributed by atoms with E-state index in [0.29, 0.717) is 84.3 Å². The van der Waals surface area contributed by atoms with Gasteiger partial charge in [0, 0.05) is 87.6 Å². The molecule has 0 aliphatic carbocycles. The molecule has 81 heavy (non-hydrogen) atoms. The van der Waals surface area contributed by atoms with Crippen LogP contribution in [-0.4, -0.2) is 43.6 Å². The van der Waals surface area contributed by atoms with E-state index in [0.717, 1.165) is 33.4 Å². The minimum Gasteiger partial charge on any atom is -0.290 e. The van der Waals surface area contributed by atoms with Gasteiger partial charge in [0.2, 0.25) is 0 Å². The molecule has 0 aliphatic rings. The Morgan fingerprint density at radius 3 is 0.815 bits per heavy atom. The van der Waals surface area contributed by atoms with E-state index >= 15 is 0 Å². The average Bonchev–Trinajstić information content (AvgIpc) is 4.43. The zero-order chi connectivity index (χ0) is 55.1. The van der Waals surface area contributed by atoms with Gasteiger partial charge in [-0.1, -0.05) is 54.6 Å². The Labute approximate surface area is 461 Å². The van der Waals surface area contributed by atoms with E-state index in [1.54, 1.807) is 91.8 Å². The molecule has 0 bridgehead atoms. The van der Waals surface area contributed by atoms with E-state index in [1.165, 1.54) is 0 Å². The van der Waals surface area contributed by atoms with Gasteiger partial charge < -0.3 is 0 Å². The van der Waals surface area contributed by atoms with Crippen LogP contribution in [-0.2, 0) is 0 Å². The van der Waals surface area contributed by atoms with E-state index in [1.807, 2.05) is 123 Å². The number of rotatable bonds is 9. The number of nitrogens with zero attached hydrogens (tertiary/aromatic N) is 15. The van der Waals surface area contributed by atoms with Crippen molar-refractivity contribution in [2.45, 2.75) is 0 Å². The first kappa shape index (κ1) is 48.0. The largest absolute Gasteiger partial charge is 0.290 e. The van der Waals surface area contributed by atoms with Crippen LogP contribution in [0.15, 0.2) is 201 Å². The molecule has 0 saturated heterocycles. The van der Waals surface area contributed by atoms with E-state index in [-0.39, 0.29) is 33.4 Å². The fraction of sp³-hybridized carbons (Fsp3) is 0. The predicted octanol–water partition coefficient (Wildman–Crippen LogP) is 13.1. The highest BCUT2D eigenvalue weighted by Crippen LogP contribution is 2.45. The van der Waals surface area contributed by atoms with Crippen molar-refractivity contribution in [2.24, 2.45) is 0 Å². The lowest BCUT2D eigenvalue weighted by Crippen LogP contribution is -2.01. The number of hydrogen-bond acceptors (Lipinski definition) is 12. The number of nitriles is 6. The molecule has 0 saturated carbocycles. The summed E-state index contributed by atoms with van der Waals surface area (Å²) in [6.07, 6.45) is 10.5. The smallest absolute Gasteiger partial charge is 0.145 e. The molecule has 15 nitrogen and oxygen atoms in total. The molecule has 0 N–H and O–H groups in total. The van der Waals surface area contributed by atoms with Crippen LogP contribution in [0.2, 0.25) is 0 Å². The molecule has 13 rings (SSSR count). The topological polar surface area (TPSA) is 235 Å². The normalized spacial score (nSPS) is 10.9. The zero-order valence-electron chi connectivity index (χ0n) is 42.3. The highest BCUT2D eigenvalue weighted by Gasteiger charge is 2.31. The second-order valence-corrected chi connectivity index (χ2v) is 18.7. The monoisotopic (exact) mass is 1040 g/mol. The maximum absolute atomic E-state index is 10.5. The summed E-state index contributed by atoms with van der Waals surface area (Å²) < 4.78 is 6.01. The molecule has 0 spiro atoms. The van der Waals surface area contributed by atoms with Gasteiger partial charge in [-0.05, 0) is 126 Å². The molecule has 6 aromatic heterocycles. The minimum absolute atomic E-state index is 0.149. The van der Waals surface area contributed by atoms with E-state index in [4.69, 9.17) is 15.0 Å². The Morgan fingerprint density at radius 2 is 0.556 bits per heavy atom. The number of benzene rings is 7. The average molecular weight is 1040 g/mol. The number of imidazole rings is 3. The van der Waals surface area contributed by atoms with Gasteiger partial charge in [0.1, 0.15) is 87.0 Å². The van der Waals surface area contributed by atoms with Crippen LogP contribution in [0.25, 0.3) is 118 Å². The van der Waals surface area contributed by atoms with Gasteiger partial charge in [0.25, 0.3) is 0 Å². The lowest BCUT2D eigenvalue weighted by atomic mass is 10.0. The van der Waals surface area contributed by atoms with Crippen LogP contribution in [0.5, 0.6) is 0 Å². The summed E-state index contributed by atoms with van der Waals surface area (Å²) in [4.78, 5) is 30.2. The predicted molar refractivity (Wildman–Crippen MR) is 305 cm³/mol. The molecule has 0 aliphatic heterocycles. The van der Waals surface area contributed by atoms with Crippen molar-refractivity contribution in [3.63, 3.8) is 0 Å². The third-order valence-electron chi connectivity index (χ3n) is 14.2. The first-order valence-corrected chi connectivity index (χ1v) is 25.2. The van der Waals surface area contributed by atoms with Gasteiger partial charge in [-0.2, -0.15) is 31.6 Å². The Kier molecular flexibility index (Phi) is 11.7.